The first-order valence-corrected chi connectivity index (χ1v) is 5.53. The molecular formula is C12H11NO3S. The molecule has 0 saturated carbocycles. The maximum absolute atomic E-state index is 11.8. The highest BCUT2D eigenvalue weighted by Gasteiger charge is 2.13. The van der Waals surface area contributed by atoms with E-state index in [2.05, 4.69) is 6.58 Å². The van der Waals surface area contributed by atoms with Crippen LogP contribution >= 0.6 is 12.2 Å². The number of ether oxygens (including phenoxy) is 1. The average Bonchev–Trinajstić information content (AvgIpc) is 2.65. The second kappa shape index (κ2) is 4.97. The number of hydrogen-bond donors (Lipinski definition) is 0. The van der Waals surface area contributed by atoms with Crippen LogP contribution in [0.4, 0.5) is 4.79 Å². The Kier molecular flexibility index (Phi) is 3.39. The Morgan fingerprint density at radius 1 is 1.53 bits per heavy atom. The molecule has 0 radical (unpaired) electrons. The Morgan fingerprint density at radius 2 is 2.29 bits per heavy atom. The first-order valence-electron chi connectivity index (χ1n) is 5.12. The lowest BCUT2D eigenvalue weighted by Gasteiger charge is -2.03. The van der Waals surface area contributed by atoms with Gasteiger partial charge in [-0.3, -0.25) is 0 Å². The topological polar surface area (TPSA) is 44.4 Å². The molecule has 2 rings (SSSR count). The molecule has 88 valence electrons. The Hall–Kier alpha value is -1.88. The van der Waals surface area contributed by atoms with Crippen molar-refractivity contribution in [2.24, 2.45) is 0 Å². The molecule has 0 unspecified atom stereocenters. The number of nitrogens with zero attached hydrogens (tertiary/aromatic N) is 1. The highest BCUT2D eigenvalue weighted by Crippen LogP contribution is 2.17. The highest BCUT2D eigenvalue weighted by atomic mass is 32.1. The molecule has 0 aliphatic carbocycles. The summed E-state index contributed by atoms with van der Waals surface area (Å²) >= 11 is 4.98. The Labute approximate surface area is 103 Å². The van der Waals surface area contributed by atoms with Crippen LogP contribution in [0.3, 0.4) is 0 Å². The van der Waals surface area contributed by atoms with Crippen molar-refractivity contribution in [3.63, 3.8) is 0 Å². The smallest absolute Gasteiger partial charge is 0.422 e. The van der Waals surface area contributed by atoms with E-state index in [1.807, 2.05) is 6.07 Å². The van der Waals surface area contributed by atoms with Crippen molar-refractivity contribution in [3.8, 4) is 0 Å². The van der Waals surface area contributed by atoms with Crippen LogP contribution < -0.4 is 0 Å². The minimum Gasteiger partial charge on any atom is -0.448 e. The van der Waals surface area contributed by atoms with Gasteiger partial charge in [0.25, 0.3) is 4.84 Å². The molecule has 5 heteroatoms. The van der Waals surface area contributed by atoms with Crippen molar-refractivity contribution in [3.05, 3.63) is 41.8 Å². The maximum Gasteiger partial charge on any atom is 0.422 e. The second-order valence-electron chi connectivity index (χ2n) is 3.36. The van der Waals surface area contributed by atoms with Gasteiger partial charge < -0.3 is 9.15 Å². The minimum atomic E-state index is -0.526. The minimum absolute atomic E-state index is 0.0924. The number of benzene rings is 1. The fourth-order valence-electron chi connectivity index (χ4n) is 1.43. The first kappa shape index (κ1) is 11.6. The van der Waals surface area contributed by atoms with Gasteiger partial charge >= 0.3 is 6.09 Å². The quantitative estimate of drug-likeness (QED) is 0.474. The normalized spacial score (nSPS) is 10.4. The second-order valence-corrected chi connectivity index (χ2v) is 3.71. The molecular weight excluding hydrogens is 238 g/mol. The summed E-state index contributed by atoms with van der Waals surface area (Å²) in [6.07, 6.45) is 1.76. The van der Waals surface area contributed by atoms with Crippen LogP contribution in [0.15, 0.2) is 41.3 Å². The Morgan fingerprint density at radius 3 is 3.06 bits per heavy atom. The molecule has 1 heterocycles. The van der Waals surface area contributed by atoms with Gasteiger partial charge in [-0.15, -0.1) is 6.58 Å². The maximum atomic E-state index is 11.8. The van der Waals surface area contributed by atoms with Gasteiger partial charge in [0.15, 0.2) is 5.58 Å². The summed E-state index contributed by atoms with van der Waals surface area (Å²) in [6, 6.07) is 7.12. The lowest BCUT2D eigenvalue weighted by Crippen LogP contribution is -2.13. The van der Waals surface area contributed by atoms with E-state index >= 15 is 0 Å². The lowest BCUT2D eigenvalue weighted by atomic mass is 10.3. The number of rotatable bonds is 3. The van der Waals surface area contributed by atoms with Crippen LogP contribution in [0.2, 0.25) is 0 Å². The number of hydrogen-bond acceptors (Lipinski definition) is 4. The molecule has 0 amide bonds. The van der Waals surface area contributed by atoms with E-state index in [1.54, 1.807) is 24.3 Å². The van der Waals surface area contributed by atoms with Gasteiger partial charge in [0.05, 0.1) is 12.1 Å². The number of para-hydroxylation sites is 2. The Bertz CT molecular complexity index is 611. The van der Waals surface area contributed by atoms with Crippen molar-refractivity contribution in [1.29, 1.82) is 0 Å². The van der Waals surface area contributed by atoms with E-state index in [-0.39, 0.29) is 11.4 Å². The van der Waals surface area contributed by atoms with Crippen LogP contribution in [0, 0.1) is 4.84 Å². The number of fused-ring (bicyclic) bond motifs is 1. The molecule has 0 fully saturated rings. The van der Waals surface area contributed by atoms with Crippen molar-refractivity contribution >= 4 is 29.4 Å². The number of carbonyl (C=O) groups excluding carboxylic acids is 1. The fraction of sp³-hybridized carbons (Fsp3) is 0.167. The number of aromatic nitrogens is 1. The number of carbonyl (C=O) groups is 1. The average molecular weight is 249 g/mol. The van der Waals surface area contributed by atoms with Gasteiger partial charge in [-0.1, -0.05) is 18.2 Å². The van der Waals surface area contributed by atoms with E-state index in [0.29, 0.717) is 17.5 Å². The predicted octanol–water partition coefficient (Wildman–Crippen LogP) is 3.52. The van der Waals surface area contributed by atoms with Crippen LogP contribution in [0.1, 0.15) is 6.42 Å². The van der Waals surface area contributed by atoms with E-state index in [0.717, 1.165) is 0 Å². The third-order valence-corrected chi connectivity index (χ3v) is 2.48. The molecule has 0 bridgehead atoms. The van der Waals surface area contributed by atoms with Crippen molar-refractivity contribution < 1.29 is 13.9 Å². The van der Waals surface area contributed by atoms with Crippen molar-refractivity contribution in [2.45, 2.75) is 6.42 Å². The Balaban J connectivity index is 2.34. The molecule has 0 N–H and O–H groups in total. The van der Waals surface area contributed by atoms with E-state index < -0.39 is 6.09 Å². The van der Waals surface area contributed by atoms with Gasteiger partial charge in [-0.2, -0.15) is 0 Å². The lowest BCUT2D eigenvalue weighted by molar-refractivity contribution is 0.149. The summed E-state index contributed by atoms with van der Waals surface area (Å²) in [5.41, 5.74) is 1.18. The molecule has 0 saturated heterocycles. The summed E-state index contributed by atoms with van der Waals surface area (Å²) in [7, 11) is 0. The molecule has 0 spiro atoms. The number of oxazole rings is 1. The standard InChI is InChI=1S/C12H11NO3S/c1-2-3-8-15-11(14)13-9-6-4-5-7-10(9)16-12(13)17/h2,4-7H,1,3,8H2. The summed E-state index contributed by atoms with van der Waals surface area (Å²) in [5.74, 6) is 0. The molecule has 1 aromatic carbocycles. The molecule has 0 aliphatic heterocycles. The summed E-state index contributed by atoms with van der Waals surface area (Å²) in [4.78, 5) is 11.9. The van der Waals surface area contributed by atoms with Crippen molar-refractivity contribution in [1.82, 2.24) is 4.57 Å². The van der Waals surface area contributed by atoms with Crippen LogP contribution in [-0.2, 0) is 4.74 Å². The molecule has 0 aliphatic rings. The van der Waals surface area contributed by atoms with Crippen LogP contribution in [-0.4, -0.2) is 17.3 Å². The largest absolute Gasteiger partial charge is 0.448 e. The zero-order valence-electron chi connectivity index (χ0n) is 9.09. The van der Waals surface area contributed by atoms with Gasteiger partial charge in [0, 0.05) is 0 Å². The zero-order valence-corrected chi connectivity index (χ0v) is 9.90. The summed E-state index contributed by atoms with van der Waals surface area (Å²) in [6.45, 7) is 3.83. The SMILES string of the molecule is C=CCCOC(=O)n1c(=S)oc2ccccc21. The molecule has 2 aromatic rings. The zero-order chi connectivity index (χ0) is 12.3. The molecule has 4 nitrogen and oxygen atoms in total. The molecule has 0 atom stereocenters. The molecule has 17 heavy (non-hydrogen) atoms. The van der Waals surface area contributed by atoms with Gasteiger partial charge in [0.1, 0.15) is 0 Å². The van der Waals surface area contributed by atoms with E-state index in [1.165, 1.54) is 4.57 Å². The summed E-state index contributed by atoms with van der Waals surface area (Å²) in [5, 5.41) is 0. The van der Waals surface area contributed by atoms with Crippen LogP contribution in [0.25, 0.3) is 11.1 Å². The first-order chi connectivity index (χ1) is 8.24. The van der Waals surface area contributed by atoms with Gasteiger partial charge in [0.2, 0.25) is 0 Å². The van der Waals surface area contributed by atoms with E-state index in [9.17, 15) is 4.79 Å². The van der Waals surface area contributed by atoms with Gasteiger partial charge in [-0.05, 0) is 30.8 Å². The third kappa shape index (κ3) is 2.29. The fourth-order valence-corrected chi connectivity index (χ4v) is 1.70. The van der Waals surface area contributed by atoms with Crippen molar-refractivity contribution in [2.75, 3.05) is 6.61 Å². The predicted molar refractivity (Wildman–Crippen MR) is 66.6 cm³/mol. The monoisotopic (exact) mass is 249 g/mol. The van der Waals surface area contributed by atoms with Gasteiger partial charge in [-0.25, -0.2) is 9.36 Å². The van der Waals surface area contributed by atoms with Crippen LogP contribution in [0.5, 0.6) is 0 Å². The third-order valence-electron chi connectivity index (χ3n) is 2.22. The summed E-state index contributed by atoms with van der Waals surface area (Å²) < 4.78 is 11.6. The van der Waals surface area contributed by atoms with E-state index in [4.69, 9.17) is 21.4 Å². The highest BCUT2D eigenvalue weighted by molar-refractivity contribution is 7.71. The molecule has 1 aromatic heterocycles.